The Morgan fingerprint density at radius 2 is 2.05 bits per heavy atom. The first kappa shape index (κ1) is 14.7. The third kappa shape index (κ3) is 2.88. The number of nitrogens with one attached hydrogen (secondary N) is 1. The van der Waals surface area contributed by atoms with Gasteiger partial charge in [-0.15, -0.1) is 0 Å². The summed E-state index contributed by atoms with van der Waals surface area (Å²) in [6, 6.07) is 3.11. The van der Waals surface area contributed by atoms with Crippen LogP contribution < -0.4 is 4.72 Å². The first-order valence-electron chi connectivity index (χ1n) is 6.22. The van der Waals surface area contributed by atoms with Gasteiger partial charge in [0.15, 0.2) is 5.78 Å². The molecule has 2 N–H and O–H groups in total. The van der Waals surface area contributed by atoms with E-state index in [1.807, 2.05) is 0 Å². The molecule has 0 heterocycles. The van der Waals surface area contributed by atoms with Crippen LogP contribution >= 0.6 is 0 Å². The molecular weight excluding hydrogens is 282 g/mol. The van der Waals surface area contributed by atoms with E-state index in [0.29, 0.717) is 12.0 Å². The summed E-state index contributed by atoms with van der Waals surface area (Å²) in [6.07, 6.45) is 1.93. The summed E-state index contributed by atoms with van der Waals surface area (Å²) in [4.78, 5) is 22.4. The smallest absolute Gasteiger partial charge is 0.321 e. The van der Waals surface area contributed by atoms with Gasteiger partial charge in [-0.25, -0.2) is 8.42 Å². The number of aliphatic carboxylic acids is 1. The van der Waals surface area contributed by atoms with E-state index in [2.05, 4.69) is 4.72 Å². The molecule has 20 heavy (non-hydrogen) atoms. The van der Waals surface area contributed by atoms with Gasteiger partial charge in [0.2, 0.25) is 10.0 Å². The third-order valence-corrected chi connectivity index (χ3v) is 4.78. The zero-order chi connectivity index (χ0) is 14.9. The summed E-state index contributed by atoms with van der Waals surface area (Å²) in [5, 5.41) is 8.75. The summed E-state index contributed by atoms with van der Waals surface area (Å²) in [5.74, 6) is -1.34. The van der Waals surface area contributed by atoms with Crippen LogP contribution in [-0.4, -0.2) is 31.3 Å². The molecule has 1 aromatic carbocycles. The fraction of sp³-hybridized carbons (Fsp3) is 0.385. The fourth-order valence-corrected chi connectivity index (χ4v) is 3.35. The van der Waals surface area contributed by atoms with Crippen LogP contribution in [0.5, 0.6) is 0 Å². The molecule has 0 amide bonds. The van der Waals surface area contributed by atoms with Crippen LogP contribution in [-0.2, 0) is 21.2 Å². The van der Waals surface area contributed by atoms with Gasteiger partial charge in [0.25, 0.3) is 0 Å². The monoisotopic (exact) mass is 297 g/mol. The van der Waals surface area contributed by atoms with Crippen molar-refractivity contribution in [3.05, 3.63) is 29.3 Å². The molecule has 1 unspecified atom stereocenters. The average Bonchev–Trinajstić information content (AvgIpc) is 2.38. The molecular formula is C13H15NO5S. The molecule has 0 aromatic heterocycles. The molecule has 108 valence electrons. The Labute approximate surface area is 116 Å². The summed E-state index contributed by atoms with van der Waals surface area (Å²) in [6.45, 7) is 1.24. The van der Waals surface area contributed by atoms with Gasteiger partial charge in [-0.05, 0) is 37.5 Å². The van der Waals surface area contributed by atoms with Crippen LogP contribution in [0.3, 0.4) is 0 Å². The highest BCUT2D eigenvalue weighted by Gasteiger charge is 2.24. The number of sulfonamides is 1. The van der Waals surface area contributed by atoms with E-state index >= 15 is 0 Å². The summed E-state index contributed by atoms with van der Waals surface area (Å²) >= 11 is 0. The first-order valence-corrected chi connectivity index (χ1v) is 7.71. The minimum atomic E-state index is -3.94. The van der Waals surface area contributed by atoms with Crippen molar-refractivity contribution in [1.29, 1.82) is 0 Å². The molecule has 2 rings (SSSR count). The Kier molecular flexibility index (Phi) is 3.92. The number of carbonyl (C=O) groups is 2. The maximum atomic E-state index is 12.1. The molecule has 1 aliphatic carbocycles. The number of hydrogen-bond donors (Lipinski definition) is 2. The largest absolute Gasteiger partial charge is 0.480 e. The fourth-order valence-electron chi connectivity index (χ4n) is 2.13. The number of benzene rings is 1. The Bertz CT molecular complexity index is 665. The lowest BCUT2D eigenvalue weighted by Gasteiger charge is -2.16. The topological polar surface area (TPSA) is 101 Å². The highest BCUT2D eigenvalue weighted by molar-refractivity contribution is 7.89. The number of carbonyl (C=O) groups excluding carboxylic acids is 1. The van der Waals surface area contributed by atoms with Gasteiger partial charge in [0, 0.05) is 12.0 Å². The van der Waals surface area contributed by atoms with Crippen LogP contribution in [0.15, 0.2) is 23.1 Å². The van der Waals surface area contributed by atoms with E-state index in [9.17, 15) is 18.0 Å². The molecule has 1 aromatic rings. The summed E-state index contributed by atoms with van der Waals surface area (Å²) in [7, 11) is -3.94. The third-order valence-electron chi connectivity index (χ3n) is 3.24. The maximum Gasteiger partial charge on any atom is 0.321 e. The number of ketones is 1. The Balaban J connectivity index is 2.36. The average molecular weight is 297 g/mol. The standard InChI is InChI=1S/C13H15NO5S/c1-8(13(16)17)14-20(18,19)10-6-5-9-3-2-4-12(15)11(9)7-10/h5-8,14H,2-4H2,1H3,(H,16,17). The second kappa shape index (κ2) is 5.34. The van der Waals surface area contributed by atoms with Crippen LogP contribution in [0.25, 0.3) is 0 Å². The highest BCUT2D eigenvalue weighted by atomic mass is 32.2. The van der Waals surface area contributed by atoms with Crippen molar-refractivity contribution in [1.82, 2.24) is 4.72 Å². The Morgan fingerprint density at radius 3 is 2.70 bits per heavy atom. The zero-order valence-electron chi connectivity index (χ0n) is 10.9. The maximum absolute atomic E-state index is 12.1. The van der Waals surface area contributed by atoms with Crippen molar-refractivity contribution in [2.24, 2.45) is 0 Å². The lowest BCUT2D eigenvalue weighted by molar-refractivity contribution is -0.138. The number of hydrogen-bond acceptors (Lipinski definition) is 4. The van der Waals surface area contributed by atoms with Crippen molar-refractivity contribution in [3.63, 3.8) is 0 Å². The van der Waals surface area contributed by atoms with Crippen molar-refractivity contribution in [2.45, 2.75) is 37.1 Å². The number of fused-ring (bicyclic) bond motifs is 1. The van der Waals surface area contributed by atoms with E-state index in [1.54, 1.807) is 6.07 Å². The molecule has 6 nitrogen and oxygen atoms in total. The molecule has 0 radical (unpaired) electrons. The minimum Gasteiger partial charge on any atom is -0.480 e. The van der Waals surface area contributed by atoms with Crippen LogP contribution in [0.1, 0.15) is 35.7 Å². The van der Waals surface area contributed by atoms with Crippen LogP contribution in [0.2, 0.25) is 0 Å². The lowest BCUT2D eigenvalue weighted by atomic mass is 9.91. The van der Waals surface area contributed by atoms with Gasteiger partial charge in [0.05, 0.1) is 4.90 Å². The van der Waals surface area contributed by atoms with E-state index in [-0.39, 0.29) is 10.7 Å². The number of carboxylic acids is 1. The van der Waals surface area contributed by atoms with Gasteiger partial charge in [-0.1, -0.05) is 6.07 Å². The molecule has 0 fully saturated rings. The number of Topliss-reactive ketones (excluding diaryl/α,β-unsaturated/α-hetero) is 1. The Morgan fingerprint density at radius 1 is 1.35 bits per heavy atom. The normalized spacial score (nSPS) is 16.6. The molecule has 1 atom stereocenters. The van der Waals surface area contributed by atoms with Crippen molar-refractivity contribution < 1.29 is 23.1 Å². The molecule has 0 bridgehead atoms. The summed E-state index contributed by atoms with van der Waals surface area (Å²) < 4.78 is 26.2. The lowest BCUT2D eigenvalue weighted by Crippen LogP contribution is -2.38. The van der Waals surface area contributed by atoms with Gasteiger partial charge in [0.1, 0.15) is 6.04 Å². The van der Waals surface area contributed by atoms with E-state index in [1.165, 1.54) is 19.1 Å². The zero-order valence-corrected chi connectivity index (χ0v) is 11.7. The minimum absolute atomic E-state index is 0.0745. The van der Waals surface area contributed by atoms with Gasteiger partial charge in [-0.2, -0.15) is 4.72 Å². The van der Waals surface area contributed by atoms with E-state index < -0.39 is 22.0 Å². The van der Waals surface area contributed by atoms with Crippen LogP contribution in [0, 0.1) is 0 Å². The van der Waals surface area contributed by atoms with Gasteiger partial charge >= 0.3 is 5.97 Å². The molecule has 0 saturated carbocycles. The second-order valence-corrected chi connectivity index (χ2v) is 6.49. The molecule has 0 aliphatic heterocycles. The van der Waals surface area contributed by atoms with E-state index in [4.69, 9.17) is 5.11 Å². The molecule has 7 heteroatoms. The predicted octanol–water partition coefficient (Wildman–Crippen LogP) is 0.957. The molecule has 0 spiro atoms. The number of aryl methyl sites for hydroxylation is 1. The van der Waals surface area contributed by atoms with Gasteiger partial charge in [-0.3, -0.25) is 9.59 Å². The number of carboxylic acid groups (broad SMARTS) is 1. The van der Waals surface area contributed by atoms with E-state index in [0.717, 1.165) is 18.4 Å². The SMILES string of the molecule is CC(NS(=O)(=O)c1ccc2c(c1)C(=O)CCC2)C(=O)O. The quantitative estimate of drug-likeness (QED) is 0.862. The highest BCUT2D eigenvalue weighted by Crippen LogP contribution is 2.24. The summed E-state index contributed by atoms with van der Waals surface area (Å²) in [5.41, 5.74) is 1.26. The van der Waals surface area contributed by atoms with Gasteiger partial charge < -0.3 is 5.11 Å². The molecule has 0 saturated heterocycles. The van der Waals surface area contributed by atoms with Crippen LogP contribution in [0.4, 0.5) is 0 Å². The first-order chi connectivity index (χ1) is 9.31. The second-order valence-electron chi connectivity index (χ2n) is 4.78. The Hall–Kier alpha value is -1.73. The predicted molar refractivity (Wildman–Crippen MR) is 71.1 cm³/mol. The van der Waals surface area contributed by atoms with Crippen molar-refractivity contribution >= 4 is 21.8 Å². The molecule has 1 aliphatic rings. The number of rotatable bonds is 4. The van der Waals surface area contributed by atoms with Crippen molar-refractivity contribution in [3.8, 4) is 0 Å². The van der Waals surface area contributed by atoms with Crippen molar-refractivity contribution in [2.75, 3.05) is 0 Å².